The van der Waals surface area contributed by atoms with Crippen LogP contribution >= 0.6 is 0 Å². The van der Waals surface area contributed by atoms with Crippen LogP contribution in [-0.4, -0.2) is 16.3 Å². The SMILES string of the molecule is CC(C)(C)C(=O)C(CCC1CCCCC1)=[N+]=[N-]. The average Bonchev–Trinajstić information content (AvgIpc) is 2.30. The first kappa shape index (κ1) is 14.1. The highest BCUT2D eigenvalue weighted by atomic mass is 16.1. The molecule has 0 amide bonds. The van der Waals surface area contributed by atoms with Gasteiger partial charge >= 0.3 is 5.71 Å². The van der Waals surface area contributed by atoms with Crippen molar-refractivity contribution in [2.45, 2.75) is 65.7 Å². The van der Waals surface area contributed by atoms with E-state index in [0.29, 0.717) is 18.1 Å². The number of rotatable bonds is 4. The second-order valence-electron chi connectivity index (χ2n) is 6.17. The van der Waals surface area contributed by atoms with E-state index in [0.717, 1.165) is 6.42 Å². The van der Waals surface area contributed by atoms with Crippen molar-refractivity contribution < 1.29 is 9.58 Å². The Balaban J connectivity index is 2.48. The van der Waals surface area contributed by atoms with Crippen LogP contribution in [0.5, 0.6) is 0 Å². The van der Waals surface area contributed by atoms with Crippen molar-refractivity contribution in [3.8, 4) is 0 Å². The third-order valence-electron chi connectivity index (χ3n) is 3.58. The maximum atomic E-state index is 12.0. The van der Waals surface area contributed by atoms with Crippen LogP contribution in [0.15, 0.2) is 0 Å². The summed E-state index contributed by atoms with van der Waals surface area (Å²) >= 11 is 0. The van der Waals surface area contributed by atoms with E-state index in [2.05, 4.69) is 4.79 Å². The van der Waals surface area contributed by atoms with E-state index in [4.69, 9.17) is 5.53 Å². The zero-order valence-corrected chi connectivity index (χ0v) is 11.3. The lowest BCUT2D eigenvalue weighted by Gasteiger charge is -2.21. The van der Waals surface area contributed by atoms with Crippen molar-refractivity contribution in [2.24, 2.45) is 11.3 Å². The highest BCUT2D eigenvalue weighted by Crippen LogP contribution is 2.28. The smallest absolute Gasteiger partial charge is 0.334 e. The largest absolute Gasteiger partial charge is 0.361 e. The molecule has 1 fully saturated rings. The van der Waals surface area contributed by atoms with Gasteiger partial charge in [0.1, 0.15) is 0 Å². The van der Waals surface area contributed by atoms with E-state index < -0.39 is 5.41 Å². The quantitative estimate of drug-likeness (QED) is 0.417. The summed E-state index contributed by atoms with van der Waals surface area (Å²) in [6.45, 7) is 5.59. The van der Waals surface area contributed by atoms with Crippen molar-refractivity contribution >= 4 is 11.5 Å². The number of carbonyl (C=O) groups excluding carboxylic acids is 1. The zero-order chi connectivity index (χ0) is 12.9. The second-order valence-corrected chi connectivity index (χ2v) is 6.17. The Kier molecular flexibility index (Phi) is 5.07. The molecule has 0 aromatic rings. The van der Waals surface area contributed by atoms with Gasteiger partial charge in [-0.2, -0.15) is 4.79 Å². The van der Waals surface area contributed by atoms with Crippen molar-refractivity contribution in [2.75, 3.05) is 0 Å². The molecule has 0 atom stereocenters. The average molecular weight is 236 g/mol. The van der Waals surface area contributed by atoms with Gasteiger partial charge in [-0.05, 0) is 12.3 Å². The third-order valence-corrected chi connectivity index (χ3v) is 3.58. The van der Waals surface area contributed by atoms with E-state index in [-0.39, 0.29) is 5.78 Å². The molecule has 1 aliphatic rings. The summed E-state index contributed by atoms with van der Waals surface area (Å²) in [5, 5.41) is 0. The molecule has 0 radical (unpaired) electrons. The molecule has 1 rings (SSSR count). The molecule has 0 aromatic heterocycles. The summed E-state index contributed by atoms with van der Waals surface area (Å²) in [4.78, 5) is 15.2. The first-order valence-corrected chi connectivity index (χ1v) is 6.71. The van der Waals surface area contributed by atoms with Crippen molar-refractivity contribution in [3.05, 3.63) is 5.53 Å². The molecule has 0 N–H and O–H groups in total. The first-order valence-electron chi connectivity index (χ1n) is 6.71. The molecule has 1 aliphatic carbocycles. The van der Waals surface area contributed by atoms with Crippen LogP contribution in [0.25, 0.3) is 5.53 Å². The summed E-state index contributed by atoms with van der Waals surface area (Å²) in [5.41, 5.74) is 8.86. The van der Waals surface area contributed by atoms with Crippen LogP contribution in [0, 0.1) is 11.3 Å². The molecule has 0 unspecified atom stereocenters. The molecule has 17 heavy (non-hydrogen) atoms. The number of hydrogen-bond acceptors (Lipinski definition) is 1. The molecule has 96 valence electrons. The van der Waals surface area contributed by atoms with Gasteiger partial charge in [0, 0.05) is 5.41 Å². The minimum atomic E-state index is -0.450. The van der Waals surface area contributed by atoms with Crippen LogP contribution in [0.2, 0.25) is 0 Å². The summed E-state index contributed by atoms with van der Waals surface area (Å²) < 4.78 is 0. The molecular weight excluding hydrogens is 212 g/mol. The molecule has 3 heteroatoms. The van der Waals surface area contributed by atoms with E-state index in [1.165, 1.54) is 32.1 Å². The van der Waals surface area contributed by atoms with Gasteiger partial charge < -0.3 is 5.53 Å². The Morgan fingerprint density at radius 3 is 2.29 bits per heavy atom. The summed E-state index contributed by atoms with van der Waals surface area (Å²) in [6.07, 6.45) is 8.11. The Morgan fingerprint density at radius 2 is 1.82 bits per heavy atom. The number of nitrogens with zero attached hydrogens (tertiary/aromatic N) is 2. The Hall–Kier alpha value is -0.950. The van der Waals surface area contributed by atoms with Crippen molar-refractivity contribution in [1.82, 2.24) is 0 Å². The van der Waals surface area contributed by atoms with Crippen LogP contribution in [0.1, 0.15) is 65.7 Å². The monoisotopic (exact) mass is 236 g/mol. The van der Waals surface area contributed by atoms with Gasteiger partial charge in [0.05, 0.1) is 6.42 Å². The van der Waals surface area contributed by atoms with Gasteiger partial charge in [-0.1, -0.05) is 52.9 Å². The van der Waals surface area contributed by atoms with Gasteiger partial charge in [-0.25, -0.2) is 0 Å². The molecule has 0 bridgehead atoms. The fraction of sp³-hybridized carbons (Fsp3) is 0.857. The zero-order valence-electron chi connectivity index (χ0n) is 11.3. The molecular formula is C14H24N2O. The van der Waals surface area contributed by atoms with E-state index in [1.807, 2.05) is 20.8 Å². The van der Waals surface area contributed by atoms with Gasteiger partial charge in [0.25, 0.3) is 0 Å². The molecule has 0 spiro atoms. The van der Waals surface area contributed by atoms with Crippen molar-refractivity contribution in [3.63, 3.8) is 0 Å². The molecule has 3 nitrogen and oxygen atoms in total. The normalized spacial score (nSPS) is 17.6. The maximum Gasteiger partial charge on any atom is 0.334 e. The molecule has 0 aliphatic heterocycles. The fourth-order valence-corrected chi connectivity index (χ4v) is 2.46. The van der Waals surface area contributed by atoms with Crippen LogP contribution in [0.3, 0.4) is 0 Å². The maximum absolute atomic E-state index is 12.0. The van der Waals surface area contributed by atoms with Crippen LogP contribution < -0.4 is 0 Å². The lowest BCUT2D eigenvalue weighted by Crippen LogP contribution is -2.29. The highest BCUT2D eigenvalue weighted by molar-refractivity contribution is 6.39. The summed E-state index contributed by atoms with van der Waals surface area (Å²) in [6, 6.07) is 0. The van der Waals surface area contributed by atoms with Crippen molar-refractivity contribution in [1.29, 1.82) is 0 Å². The number of carbonyl (C=O) groups is 1. The predicted octanol–water partition coefficient (Wildman–Crippen LogP) is 3.63. The van der Waals surface area contributed by atoms with Crippen LogP contribution in [-0.2, 0) is 4.79 Å². The Bertz CT molecular complexity index is 316. The molecule has 0 saturated heterocycles. The standard InChI is InChI=1S/C14H24N2O/c1-14(2,3)13(17)12(16-15)10-9-11-7-5-4-6-8-11/h11H,4-10H2,1-3H3. The number of Topliss-reactive ketones (excluding diaryl/α,β-unsaturated/α-hetero) is 1. The predicted molar refractivity (Wildman–Crippen MR) is 68.9 cm³/mol. The Labute approximate surface area is 104 Å². The third kappa shape index (κ3) is 4.43. The first-order chi connectivity index (χ1) is 7.95. The fourth-order valence-electron chi connectivity index (χ4n) is 2.46. The number of hydrogen-bond donors (Lipinski definition) is 0. The second kappa shape index (κ2) is 6.11. The Morgan fingerprint density at radius 1 is 1.24 bits per heavy atom. The lowest BCUT2D eigenvalue weighted by molar-refractivity contribution is -0.124. The summed E-state index contributed by atoms with van der Waals surface area (Å²) in [7, 11) is 0. The lowest BCUT2D eigenvalue weighted by atomic mass is 9.82. The van der Waals surface area contributed by atoms with Gasteiger partial charge in [0.15, 0.2) is 0 Å². The minimum Gasteiger partial charge on any atom is -0.361 e. The van der Waals surface area contributed by atoms with Crippen LogP contribution in [0.4, 0.5) is 0 Å². The minimum absolute atomic E-state index is 0.0317. The number of ketones is 1. The highest BCUT2D eigenvalue weighted by Gasteiger charge is 2.32. The topological polar surface area (TPSA) is 53.5 Å². The molecule has 0 aromatic carbocycles. The van der Waals surface area contributed by atoms with Gasteiger partial charge in [0.2, 0.25) is 5.78 Å². The van der Waals surface area contributed by atoms with Gasteiger partial charge in [-0.3, -0.25) is 4.79 Å². The van der Waals surface area contributed by atoms with E-state index in [1.54, 1.807) is 0 Å². The summed E-state index contributed by atoms with van der Waals surface area (Å²) in [5.74, 6) is 0.684. The van der Waals surface area contributed by atoms with E-state index >= 15 is 0 Å². The molecule has 0 heterocycles. The van der Waals surface area contributed by atoms with E-state index in [9.17, 15) is 4.79 Å². The molecule has 1 saturated carbocycles. The van der Waals surface area contributed by atoms with Gasteiger partial charge in [-0.15, -0.1) is 0 Å².